The maximum Gasteiger partial charge on any atom is 0.259 e. The molecule has 2 aromatic heterocycles. The number of hydrogen-bond donors (Lipinski definition) is 1. The zero-order valence-corrected chi connectivity index (χ0v) is 16.5. The molecular weight excluding hydrogens is 360 g/mol. The van der Waals surface area contributed by atoms with E-state index in [4.69, 9.17) is 5.10 Å². The number of anilines is 1. The molecular formula is C24H22N4O. The van der Waals surface area contributed by atoms with E-state index >= 15 is 0 Å². The van der Waals surface area contributed by atoms with Crippen LogP contribution in [0.3, 0.4) is 0 Å². The lowest BCUT2D eigenvalue weighted by Crippen LogP contribution is -2.13. The maximum atomic E-state index is 13.2. The van der Waals surface area contributed by atoms with Crippen molar-refractivity contribution in [3.63, 3.8) is 0 Å². The number of nitrogens with one attached hydrogen (secondary N) is 1. The average molecular weight is 382 g/mol. The lowest BCUT2D eigenvalue weighted by Gasteiger charge is -2.10. The number of nitrogens with zero attached hydrogens (tertiary/aromatic N) is 3. The quantitative estimate of drug-likeness (QED) is 0.536. The summed E-state index contributed by atoms with van der Waals surface area (Å²) in [5.41, 5.74) is 6.07. The number of aryl methyl sites for hydroxylation is 1. The van der Waals surface area contributed by atoms with Crippen molar-refractivity contribution in [3.8, 4) is 11.3 Å². The third kappa shape index (κ3) is 4.09. The van der Waals surface area contributed by atoms with Crippen molar-refractivity contribution in [2.24, 2.45) is 0 Å². The van der Waals surface area contributed by atoms with Crippen molar-refractivity contribution < 1.29 is 4.79 Å². The van der Waals surface area contributed by atoms with Gasteiger partial charge in [0, 0.05) is 29.8 Å². The Morgan fingerprint density at radius 2 is 1.83 bits per heavy atom. The van der Waals surface area contributed by atoms with Gasteiger partial charge in [-0.1, -0.05) is 42.5 Å². The average Bonchev–Trinajstić information content (AvgIpc) is 3.17. The first-order valence-electron chi connectivity index (χ1n) is 9.51. The zero-order chi connectivity index (χ0) is 20.2. The molecule has 5 nitrogen and oxygen atoms in total. The van der Waals surface area contributed by atoms with Crippen molar-refractivity contribution in [2.45, 2.75) is 20.4 Å². The lowest BCUT2D eigenvalue weighted by atomic mass is 10.1. The summed E-state index contributed by atoms with van der Waals surface area (Å²) in [5, 5.41) is 7.74. The van der Waals surface area contributed by atoms with Gasteiger partial charge in [-0.3, -0.25) is 14.5 Å². The molecule has 2 heterocycles. The van der Waals surface area contributed by atoms with Crippen molar-refractivity contribution in [2.75, 3.05) is 5.32 Å². The number of carbonyl (C=O) groups excluding carboxylic acids is 1. The van der Waals surface area contributed by atoms with Crippen LogP contribution in [0.25, 0.3) is 11.3 Å². The van der Waals surface area contributed by atoms with Gasteiger partial charge >= 0.3 is 0 Å². The SMILES string of the molecule is Cc1cccc(NC(=O)c2cn(Cc3ccccc3)nc2-c2cccnc2)c1C. The second-order valence-corrected chi connectivity index (χ2v) is 7.02. The molecule has 4 rings (SSSR count). The second-order valence-electron chi connectivity index (χ2n) is 7.02. The van der Waals surface area contributed by atoms with Crippen LogP contribution in [-0.2, 0) is 6.54 Å². The Bertz CT molecular complexity index is 1130. The van der Waals surface area contributed by atoms with Gasteiger partial charge in [0.2, 0.25) is 0 Å². The Balaban J connectivity index is 1.70. The van der Waals surface area contributed by atoms with Crippen LogP contribution in [0.5, 0.6) is 0 Å². The van der Waals surface area contributed by atoms with Crippen LogP contribution in [0.4, 0.5) is 5.69 Å². The number of carbonyl (C=O) groups is 1. The molecule has 0 fully saturated rings. The molecule has 0 bridgehead atoms. The molecule has 4 aromatic rings. The van der Waals surface area contributed by atoms with E-state index in [1.165, 1.54) is 0 Å². The Kier molecular flexibility index (Phi) is 5.20. The molecule has 0 saturated heterocycles. The van der Waals surface area contributed by atoms with Gasteiger partial charge in [-0.25, -0.2) is 0 Å². The summed E-state index contributed by atoms with van der Waals surface area (Å²) in [6, 6.07) is 19.7. The van der Waals surface area contributed by atoms with Crippen LogP contribution in [0, 0.1) is 13.8 Å². The summed E-state index contributed by atoms with van der Waals surface area (Å²) < 4.78 is 1.80. The van der Waals surface area contributed by atoms with Crippen molar-refractivity contribution >= 4 is 11.6 Å². The van der Waals surface area contributed by atoms with Gasteiger partial charge in [-0.05, 0) is 48.7 Å². The second kappa shape index (κ2) is 8.10. The molecule has 0 aliphatic heterocycles. The number of benzene rings is 2. The van der Waals surface area contributed by atoms with Crippen LogP contribution in [0.15, 0.2) is 79.3 Å². The Morgan fingerprint density at radius 1 is 1.00 bits per heavy atom. The summed E-state index contributed by atoms with van der Waals surface area (Å²) >= 11 is 0. The molecule has 144 valence electrons. The van der Waals surface area contributed by atoms with E-state index in [0.717, 1.165) is 27.9 Å². The van der Waals surface area contributed by atoms with Crippen molar-refractivity contribution in [1.82, 2.24) is 14.8 Å². The lowest BCUT2D eigenvalue weighted by molar-refractivity contribution is 0.102. The fourth-order valence-corrected chi connectivity index (χ4v) is 3.23. The van der Waals surface area contributed by atoms with Gasteiger partial charge in [0.15, 0.2) is 0 Å². The predicted molar refractivity (Wildman–Crippen MR) is 115 cm³/mol. The largest absolute Gasteiger partial charge is 0.322 e. The zero-order valence-electron chi connectivity index (χ0n) is 16.5. The van der Waals surface area contributed by atoms with Gasteiger partial charge in [-0.15, -0.1) is 0 Å². The summed E-state index contributed by atoms with van der Waals surface area (Å²) in [6.45, 7) is 4.63. The normalized spacial score (nSPS) is 10.7. The third-order valence-electron chi connectivity index (χ3n) is 4.98. The number of rotatable bonds is 5. The standard InChI is InChI=1S/C24H22N4O/c1-17-8-6-12-22(18(17)2)26-24(29)21-16-28(15-19-9-4-3-5-10-19)27-23(21)20-11-7-13-25-14-20/h3-14,16H,15H2,1-2H3,(H,26,29). The highest BCUT2D eigenvalue weighted by Gasteiger charge is 2.19. The minimum Gasteiger partial charge on any atom is -0.322 e. The number of aromatic nitrogens is 3. The molecule has 0 aliphatic carbocycles. The molecule has 2 aromatic carbocycles. The summed E-state index contributed by atoms with van der Waals surface area (Å²) in [7, 11) is 0. The number of amides is 1. The van der Waals surface area contributed by atoms with Gasteiger partial charge in [0.25, 0.3) is 5.91 Å². The van der Waals surface area contributed by atoms with Crippen LogP contribution in [0.2, 0.25) is 0 Å². The van der Waals surface area contributed by atoms with Crippen molar-refractivity contribution in [1.29, 1.82) is 0 Å². The topological polar surface area (TPSA) is 59.8 Å². The highest BCUT2D eigenvalue weighted by Crippen LogP contribution is 2.24. The van der Waals surface area contributed by atoms with Crippen LogP contribution in [-0.4, -0.2) is 20.7 Å². The van der Waals surface area contributed by atoms with Crippen LogP contribution in [0.1, 0.15) is 27.0 Å². The van der Waals surface area contributed by atoms with Gasteiger partial charge in [-0.2, -0.15) is 5.10 Å². The molecule has 0 spiro atoms. The molecule has 1 amide bonds. The highest BCUT2D eigenvalue weighted by molar-refractivity contribution is 6.08. The molecule has 0 aliphatic rings. The number of pyridine rings is 1. The van der Waals surface area contributed by atoms with E-state index in [2.05, 4.69) is 10.3 Å². The minimum atomic E-state index is -0.183. The van der Waals surface area contributed by atoms with E-state index in [1.807, 2.05) is 74.5 Å². The molecule has 1 N–H and O–H groups in total. The molecule has 0 unspecified atom stereocenters. The van der Waals surface area contributed by atoms with E-state index in [9.17, 15) is 4.79 Å². The third-order valence-corrected chi connectivity index (χ3v) is 4.98. The summed E-state index contributed by atoms with van der Waals surface area (Å²) in [5.74, 6) is -0.183. The number of hydrogen-bond acceptors (Lipinski definition) is 3. The molecule has 29 heavy (non-hydrogen) atoms. The van der Waals surface area contributed by atoms with E-state index in [1.54, 1.807) is 23.3 Å². The summed E-state index contributed by atoms with van der Waals surface area (Å²) in [6.07, 6.45) is 5.24. The highest BCUT2D eigenvalue weighted by atomic mass is 16.1. The van der Waals surface area contributed by atoms with Gasteiger partial charge in [0.1, 0.15) is 5.69 Å². The maximum absolute atomic E-state index is 13.2. The fraction of sp³-hybridized carbons (Fsp3) is 0.125. The van der Waals surface area contributed by atoms with E-state index in [0.29, 0.717) is 17.8 Å². The molecule has 0 atom stereocenters. The minimum absolute atomic E-state index is 0.183. The van der Waals surface area contributed by atoms with Crippen molar-refractivity contribution in [3.05, 3.63) is 102 Å². The van der Waals surface area contributed by atoms with Crippen LogP contribution >= 0.6 is 0 Å². The van der Waals surface area contributed by atoms with Crippen LogP contribution < -0.4 is 5.32 Å². The molecule has 0 radical (unpaired) electrons. The Labute approximate surface area is 170 Å². The first kappa shape index (κ1) is 18.6. The van der Waals surface area contributed by atoms with Gasteiger partial charge < -0.3 is 5.32 Å². The first-order chi connectivity index (χ1) is 14.1. The predicted octanol–water partition coefficient (Wildman–Crippen LogP) is 4.86. The smallest absolute Gasteiger partial charge is 0.259 e. The molecule has 0 saturated carbocycles. The first-order valence-corrected chi connectivity index (χ1v) is 9.51. The van der Waals surface area contributed by atoms with E-state index < -0.39 is 0 Å². The van der Waals surface area contributed by atoms with Gasteiger partial charge in [0.05, 0.1) is 12.1 Å². The monoisotopic (exact) mass is 382 g/mol. The Morgan fingerprint density at radius 3 is 2.59 bits per heavy atom. The summed E-state index contributed by atoms with van der Waals surface area (Å²) in [4.78, 5) is 17.3. The van der Waals surface area contributed by atoms with E-state index in [-0.39, 0.29) is 5.91 Å². The fourth-order valence-electron chi connectivity index (χ4n) is 3.23. The molecule has 5 heteroatoms. The Hall–Kier alpha value is -3.73.